The summed E-state index contributed by atoms with van der Waals surface area (Å²) in [5.74, 6) is 1.09. The van der Waals surface area contributed by atoms with Gasteiger partial charge in [-0.2, -0.15) is 0 Å². The molecule has 2 aliphatic heterocycles. The number of aryl methyl sites for hydroxylation is 3. The Labute approximate surface area is 234 Å². The number of anilines is 1. The molecule has 200 valence electrons. The summed E-state index contributed by atoms with van der Waals surface area (Å²) < 4.78 is 3.04. The van der Waals surface area contributed by atoms with Crippen LogP contribution in [0.15, 0.2) is 47.1 Å². The molecule has 1 N–H and O–H groups in total. The number of ketones is 1. The SMILES string of the molecule is CC(=O)C[C@@H](c1cc(Br)cc(C(C)(C)C)c1)N1CCn2cc(CCc3ccc4c(n3)NCCC4)cc2C1=O. The van der Waals surface area contributed by atoms with Crippen LogP contribution in [0.4, 0.5) is 5.82 Å². The fraction of sp³-hybridized carbons (Fsp3) is 0.452. The monoisotopic (exact) mass is 576 g/mol. The van der Waals surface area contributed by atoms with E-state index in [9.17, 15) is 9.59 Å². The molecule has 0 saturated carbocycles. The maximum Gasteiger partial charge on any atom is 0.271 e. The van der Waals surface area contributed by atoms with E-state index in [-0.39, 0.29) is 23.1 Å². The highest BCUT2D eigenvalue weighted by Gasteiger charge is 2.33. The van der Waals surface area contributed by atoms with Crippen LogP contribution < -0.4 is 5.32 Å². The zero-order chi connectivity index (χ0) is 27.0. The van der Waals surface area contributed by atoms with Crippen molar-refractivity contribution in [2.75, 3.05) is 18.4 Å². The summed E-state index contributed by atoms with van der Waals surface area (Å²) >= 11 is 3.66. The van der Waals surface area contributed by atoms with Gasteiger partial charge in [0, 0.05) is 42.4 Å². The minimum absolute atomic E-state index is 0.0119. The molecule has 2 aromatic heterocycles. The molecule has 0 fully saturated rings. The largest absolute Gasteiger partial charge is 0.370 e. The summed E-state index contributed by atoms with van der Waals surface area (Å²) in [5.41, 5.74) is 6.34. The smallest absolute Gasteiger partial charge is 0.271 e. The predicted octanol–water partition coefficient (Wildman–Crippen LogP) is 6.26. The molecule has 0 bridgehead atoms. The Morgan fingerprint density at radius 2 is 1.95 bits per heavy atom. The number of carbonyl (C=O) groups is 2. The number of Topliss-reactive ketones (excluding diaryl/α,β-unsaturated/α-hetero) is 1. The number of pyridine rings is 1. The molecule has 5 rings (SSSR count). The van der Waals surface area contributed by atoms with E-state index in [1.807, 2.05) is 11.0 Å². The maximum atomic E-state index is 13.8. The molecule has 0 saturated heterocycles. The van der Waals surface area contributed by atoms with Crippen LogP contribution in [-0.4, -0.2) is 39.2 Å². The number of halogens is 1. The minimum Gasteiger partial charge on any atom is -0.370 e. The molecule has 0 aliphatic carbocycles. The molecule has 2 aliphatic rings. The highest BCUT2D eigenvalue weighted by Crippen LogP contribution is 2.35. The molecule has 38 heavy (non-hydrogen) atoms. The zero-order valence-electron chi connectivity index (χ0n) is 22.8. The second kappa shape index (κ2) is 10.7. The van der Waals surface area contributed by atoms with Crippen LogP contribution in [0.25, 0.3) is 0 Å². The van der Waals surface area contributed by atoms with E-state index in [4.69, 9.17) is 4.98 Å². The number of nitrogens with one attached hydrogen (secondary N) is 1. The standard InChI is InChI=1S/C31H37BrN4O2/c1-20(37)14-27(23-16-24(31(2,3)4)18-25(32)17-23)36-13-12-35-19-21(15-28(35)30(36)38)7-9-26-10-8-22-6-5-11-33-29(22)34-26/h8,10,15-19,27H,5-7,9,11-14H2,1-4H3,(H,33,34)/t27-/m0/s1. The first-order valence-electron chi connectivity index (χ1n) is 13.6. The first-order valence-corrected chi connectivity index (χ1v) is 14.4. The lowest BCUT2D eigenvalue weighted by Crippen LogP contribution is -2.42. The zero-order valence-corrected chi connectivity index (χ0v) is 24.4. The number of benzene rings is 1. The van der Waals surface area contributed by atoms with Crippen molar-refractivity contribution in [3.05, 3.63) is 80.7 Å². The molecule has 0 radical (unpaired) electrons. The number of nitrogens with zero attached hydrogens (tertiary/aromatic N) is 3. The fourth-order valence-corrected chi connectivity index (χ4v) is 6.04. The Kier molecular flexibility index (Phi) is 7.49. The first-order chi connectivity index (χ1) is 18.1. The van der Waals surface area contributed by atoms with Gasteiger partial charge in [-0.05, 0) is 84.5 Å². The number of aromatic nitrogens is 2. The van der Waals surface area contributed by atoms with E-state index in [0.29, 0.717) is 18.7 Å². The molecule has 0 spiro atoms. The number of rotatable bonds is 7. The normalized spacial score (nSPS) is 16.0. The van der Waals surface area contributed by atoms with Gasteiger partial charge in [-0.1, -0.05) is 48.8 Å². The van der Waals surface area contributed by atoms with Crippen molar-refractivity contribution in [3.63, 3.8) is 0 Å². The number of hydrogen-bond donors (Lipinski definition) is 1. The third-order valence-electron chi connectivity index (χ3n) is 7.66. The summed E-state index contributed by atoms with van der Waals surface area (Å²) in [4.78, 5) is 32.8. The van der Waals surface area contributed by atoms with Crippen molar-refractivity contribution in [3.8, 4) is 0 Å². The quantitative estimate of drug-likeness (QED) is 0.360. The topological polar surface area (TPSA) is 67.2 Å². The molecule has 4 heterocycles. The number of hydrogen-bond acceptors (Lipinski definition) is 4. The van der Waals surface area contributed by atoms with Crippen molar-refractivity contribution in [1.29, 1.82) is 0 Å². The Balaban J connectivity index is 1.36. The first kappa shape index (κ1) is 26.7. The number of amides is 1. The summed E-state index contributed by atoms with van der Waals surface area (Å²) in [5, 5.41) is 3.41. The van der Waals surface area contributed by atoms with Crippen molar-refractivity contribution in [2.24, 2.45) is 0 Å². The van der Waals surface area contributed by atoms with Crippen LogP contribution in [-0.2, 0) is 36.0 Å². The molecular formula is C31H37BrN4O2. The Hall–Kier alpha value is -2.93. The summed E-state index contributed by atoms with van der Waals surface area (Å²) in [6.45, 7) is 10.4. The van der Waals surface area contributed by atoms with Crippen molar-refractivity contribution in [2.45, 2.75) is 77.8 Å². The molecule has 1 aromatic carbocycles. The predicted molar refractivity (Wildman–Crippen MR) is 155 cm³/mol. The third-order valence-corrected chi connectivity index (χ3v) is 8.12. The minimum atomic E-state index is -0.294. The van der Waals surface area contributed by atoms with Gasteiger partial charge in [0.2, 0.25) is 0 Å². The number of carbonyl (C=O) groups excluding carboxylic acids is 2. The van der Waals surface area contributed by atoms with E-state index >= 15 is 0 Å². The second-order valence-electron chi connectivity index (χ2n) is 11.7. The van der Waals surface area contributed by atoms with Gasteiger partial charge in [-0.25, -0.2) is 4.98 Å². The van der Waals surface area contributed by atoms with Crippen LogP contribution in [0, 0.1) is 0 Å². The van der Waals surface area contributed by atoms with Crippen LogP contribution in [0.5, 0.6) is 0 Å². The fourth-order valence-electron chi connectivity index (χ4n) is 5.53. The van der Waals surface area contributed by atoms with Gasteiger partial charge in [0.05, 0.1) is 6.04 Å². The Morgan fingerprint density at radius 1 is 1.13 bits per heavy atom. The van der Waals surface area contributed by atoms with Crippen LogP contribution >= 0.6 is 15.9 Å². The third kappa shape index (κ3) is 5.73. The van der Waals surface area contributed by atoms with E-state index in [0.717, 1.165) is 65.9 Å². The van der Waals surface area contributed by atoms with Gasteiger partial charge in [0.15, 0.2) is 0 Å². The molecule has 6 nitrogen and oxygen atoms in total. The lowest BCUT2D eigenvalue weighted by molar-refractivity contribution is -0.118. The molecule has 7 heteroatoms. The van der Waals surface area contributed by atoms with E-state index in [1.165, 1.54) is 11.1 Å². The van der Waals surface area contributed by atoms with Gasteiger partial charge < -0.3 is 14.8 Å². The molecule has 1 atom stereocenters. The summed E-state index contributed by atoms with van der Waals surface area (Å²) in [6.07, 6.45) is 6.31. The van der Waals surface area contributed by atoms with Gasteiger partial charge in [0.1, 0.15) is 17.3 Å². The highest BCUT2D eigenvalue weighted by atomic mass is 79.9. The van der Waals surface area contributed by atoms with Crippen molar-refractivity contribution in [1.82, 2.24) is 14.5 Å². The Bertz CT molecular complexity index is 1370. The van der Waals surface area contributed by atoms with E-state index in [2.05, 4.69) is 83.1 Å². The summed E-state index contributed by atoms with van der Waals surface area (Å²) in [6, 6.07) is 12.4. The van der Waals surface area contributed by atoms with Crippen LogP contribution in [0.2, 0.25) is 0 Å². The highest BCUT2D eigenvalue weighted by molar-refractivity contribution is 9.10. The van der Waals surface area contributed by atoms with Gasteiger partial charge in [0.25, 0.3) is 5.91 Å². The van der Waals surface area contributed by atoms with E-state index in [1.54, 1.807) is 6.92 Å². The maximum absolute atomic E-state index is 13.8. The van der Waals surface area contributed by atoms with E-state index < -0.39 is 0 Å². The van der Waals surface area contributed by atoms with Crippen LogP contribution in [0.3, 0.4) is 0 Å². The van der Waals surface area contributed by atoms with Crippen molar-refractivity contribution < 1.29 is 9.59 Å². The molecule has 3 aromatic rings. The summed E-state index contributed by atoms with van der Waals surface area (Å²) in [7, 11) is 0. The van der Waals surface area contributed by atoms with Gasteiger partial charge in [-0.15, -0.1) is 0 Å². The van der Waals surface area contributed by atoms with Crippen molar-refractivity contribution >= 4 is 33.4 Å². The van der Waals surface area contributed by atoms with Gasteiger partial charge >= 0.3 is 0 Å². The lowest BCUT2D eigenvalue weighted by Gasteiger charge is -2.36. The second-order valence-corrected chi connectivity index (χ2v) is 12.6. The van der Waals surface area contributed by atoms with Gasteiger partial charge in [-0.3, -0.25) is 9.59 Å². The lowest BCUT2D eigenvalue weighted by atomic mass is 9.84. The average Bonchev–Trinajstić information content (AvgIpc) is 3.29. The molecular weight excluding hydrogens is 540 g/mol. The molecule has 1 amide bonds. The average molecular weight is 578 g/mol. The molecule has 0 unspecified atom stereocenters. The Morgan fingerprint density at radius 3 is 2.71 bits per heavy atom. The van der Waals surface area contributed by atoms with Crippen LogP contribution in [0.1, 0.15) is 85.0 Å². The number of fused-ring (bicyclic) bond motifs is 2.